The molecule has 0 aromatic heterocycles. The Morgan fingerprint density at radius 1 is 1.17 bits per heavy atom. The summed E-state index contributed by atoms with van der Waals surface area (Å²) in [6.45, 7) is 10.0. The molecule has 0 bridgehead atoms. The number of anilines is 1. The van der Waals surface area contributed by atoms with Gasteiger partial charge in [0.05, 0.1) is 15.7 Å². The van der Waals surface area contributed by atoms with Crippen LogP contribution in [0.3, 0.4) is 0 Å². The fraction of sp³-hybridized carbons (Fsp3) is 0.682. The third kappa shape index (κ3) is 6.16. The van der Waals surface area contributed by atoms with Crippen molar-refractivity contribution in [2.75, 3.05) is 44.2 Å². The number of hydrogen-bond acceptors (Lipinski definition) is 3. The minimum atomic E-state index is -0.0579. The molecular formula is C22H34Cl2N4O. The summed E-state index contributed by atoms with van der Waals surface area (Å²) in [5.74, 6) is 0.763. The van der Waals surface area contributed by atoms with Crippen molar-refractivity contribution < 1.29 is 4.79 Å². The van der Waals surface area contributed by atoms with E-state index in [1.54, 1.807) is 0 Å². The maximum atomic E-state index is 11.9. The van der Waals surface area contributed by atoms with Crippen molar-refractivity contribution >= 4 is 34.9 Å². The van der Waals surface area contributed by atoms with Crippen molar-refractivity contribution in [3.8, 4) is 0 Å². The molecule has 2 N–H and O–H groups in total. The van der Waals surface area contributed by atoms with Gasteiger partial charge in [0.2, 0.25) is 0 Å². The standard InChI is InChI=1S/C22H34Cl2N4O/c1-3-25-21(29)26-22(2)10-7-17(8-11-22)9-12-27-13-15-28(16-14-27)19-6-4-5-18(23)20(19)24/h4-6,17H,3,7-16H2,1-2H3,(H2,25,26,29). The Hall–Kier alpha value is -1.17. The van der Waals surface area contributed by atoms with Gasteiger partial charge in [-0.1, -0.05) is 29.3 Å². The second-order valence-electron chi connectivity index (χ2n) is 8.68. The molecule has 0 radical (unpaired) electrons. The first-order chi connectivity index (χ1) is 13.9. The van der Waals surface area contributed by atoms with Crippen molar-refractivity contribution in [2.45, 2.75) is 51.5 Å². The zero-order valence-corrected chi connectivity index (χ0v) is 19.2. The number of amides is 2. The van der Waals surface area contributed by atoms with E-state index in [2.05, 4.69) is 33.4 Å². The van der Waals surface area contributed by atoms with Gasteiger partial charge in [0.15, 0.2) is 0 Å². The number of rotatable bonds is 6. The molecule has 2 aliphatic rings. The van der Waals surface area contributed by atoms with Gasteiger partial charge in [0, 0.05) is 38.3 Å². The Balaban J connectivity index is 1.38. The molecule has 2 fully saturated rings. The van der Waals surface area contributed by atoms with E-state index in [-0.39, 0.29) is 11.6 Å². The van der Waals surface area contributed by atoms with Crippen molar-refractivity contribution in [1.29, 1.82) is 0 Å². The summed E-state index contributed by atoms with van der Waals surface area (Å²) in [5, 5.41) is 7.29. The lowest BCUT2D eigenvalue weighted by Crippen LogP contribution is -2.52. The average Bonchev–Trinajstić information content (AvgIpc) is 2.70. The highest BCUT2D eigenvalue weighted by atomic mass is 35.5. The number of carbonyl (C=O) groups is 1. The smallest absolute Gasteiger partial charge is 0.315 e. The lowest BCUT2D eigenvalue weighted by molar-refractivity contribution is 0.172. The van der Waals surface area contributed by atoms with Crippen LogP contribution in [0.25, 0.3) is 0 Å². The van der Waals surface area contributed by atoms with E-state index in [4.69, 9.17) is 23.2 Å². The minimum absolute atomic E-state index is 0.0360. The second kappa shape index (κ2) is 10.2. The average molecular weight is 441 g/mol. The Kier molecular flexibility index (Phi) is 7.94. The van der Waals surface area contributed by atoms with E-state index in [1.807, 2.05) is 19.1 Å². The second-order valence-corrected chi connectivity index (χ2v) is 9.46. The van der Waals surface area contributed by atoms with Crippen LogP contribution in [-0.2, 0) is 0 Å². The predicted molar refractivity (Wildman–Crippen MR) is 122 cm³/mol. The van der Waals surface area contributed by atoms with Crippen LogP contribution in [0.5, 0.6) is 0 Å². The van der Waals surface area contributed by atoms with Gasteiger partial charge >= 0.3 is 6.03 Å². The monoisotopic (exact) mass is 440 g/mol. The highest BCUT2D eigenvalue weighted by Crippen LogP contribution is 2.35. The van der Waals surface area contributed by atoms with E-state index in [1.165, 1.54) is 19.3 Å². The van der Waals surface area contributed by atoms with Gasteiger partial charge in [0.25, 0.3) is 0 Å². The van der Waals surface area contributed by atoms with Crippen LogP contribution in [0.1, 0.15) is 46.0 Å². The van der Waals surface area contributed by atoms with Gasteiger partial charge in [-0.25, -0.2) is 4.79 Å². The molecule has 1 aromatic rings. The van der Waals surface area contributed by atoms with Crippen molar-refractivity contribution in [3.05, 3.63) is 28.2 Å². The topological polar surface area (TPSA) is 47.6 Å². The molecule has 7 heteroatoms. The summed E-state index contributed by atoms with van der Waals surface area (Å²) in [6.07, 6.45) is 5.77. The molecule has 1 aromatic carbocycles. The molecule has 3 rings (SSSR count). The minimum Gasteiger partial charge on any atom is -0.368 e. The van der Waals surface area contributed by atoms with Gasteiger partial charge in [0.1, 0.15) is 0 Å². The number of hydrogen-bond donors (Lipinski definition) is 2. The molecule has 1 saturated heterocycles. The maximum Gasteiger partial charge on any atom is 0.315 e. The Morgan fingerprint density at radius 2 is 1.86 bits per heavy atom. The first kappa shape index (κ1) is 22.5. The van der Waals surface area contributed by atoms with Gasteiger partial charge in [-0.15, -0.1) is 0 Å². The lowest BCUT2D eigenvalue weighted by atomic mass is 9.76. The van der Waals surface area contributed by atoms with Crippen LogP contribution >= 0.6 is 23.2 Å². The number of nitrogens with zero attached hydrogens (tertiary/aromatic N) is 2. The van der Waals surface area contributed by atoms with Gasteiger partial charge < -0.3 is 15.5 Å². The van der Waals surface area contributed by atoms with Crippen LogP contribution in [0.2, 0.25) is 10.0 Å². The predicted octanol–water partition coefficient (Wildman–Crippen LogP) is 4.77. The zero-order valence-electron chi connectivity index (χ0n) is 17.6. The third-order valence-corrected chi connectivity index (χ3v) is 7.27. The molecule has 29 heavy (non-hydrogen) atoms. The fourth-order valence-electron chi connectivity index (χ4n) is 4.52. The van der Waals surface area contributed by atoms with Crippen molar-refractivity contribution in [1.82, 2.24) is 15.5 Å². The highest BCUT2D eigenvalue weighted by molar-refractivity contribution is 6.43. The Bertz CT molecular complexity index is 683. The summed E-state index contributed by atoms with van der Waals surface area (Å²) >= 11 is 12.5. The van der Waals surface area contributed by atoms with E-state index in [9.17, 15) is 4.79 Å². The largest absolute Gasteiger partial charge is 0.368 e. The third-order valence-electron chi connectivity index (χ3n) is 6.46. The number of urea groups is 1. The van der Waals surface area contributed by atoms with E-state index in [0.29, 0.717) is 16.6 Å². The van der Waals surface area contributed by atoms with Crippen molar-refractivity contribution in [3.63, 3.8) is 0 Å². The molecule has 0 atom stereocenters. The summed E-state index contributed by atoms with van der Waals surface area (Å²) in [4.78, 5) is 16.8. The SMILES string of the molecule is CCNC(=O)NC1(C)CCC(CCN2CCN(c3cccc(Cl)c3Cl)CC2)CC1. The van der Waals surface area contributed by atoms with Crippen LogP contribution in [0.4, 0.5) is 10.5 Å². The number of benzene rings is 1. The highest BCUT2D eigenvalue weighted by Gasteiger charge is 2.32. The Labute approximate surface area is 185 Å². The van der Waals surface area contributed by atoms with E-state index in [0.717, 1.165) is 57.2 Å². The van der Waals surface area contributed by atoms with E-state index >= 15 is 0 Å². The van der Waals surface area contributed by atoms with Gasteiger partial charge in [-0.2, -0.15) is 0 Å². The molecule has 5 nitrogen and oxygen atoms in total. The molecule has 1 saturated carbocycles. The molecule has 1 aliphatic carbocycles. The quantitative estimate of drug-likeness (QED) is 0.669. The molecule has 2 amide bonds. The summed E-state index contributed by atoms with van der Waals surface area (Å²) in [6, 6.07) is 5.82. The number of halogens is 2. The van der Waals surface area contributed by atoms with Gasteiger partial charge in [-0.3, -0.25) is 4.90 Å². The number of nitrogens with one attached hydrogen (secondary N) is 2. The molecular weight excluding hydrogens is 407 g/mol. The van der Waals surface area contributed by atoms with Crippen molar-refractivity contribution in [2.24, 2.45) is 5.92 Å². The van der Waals surface area contributed by atoms with Crippen LogP contribution < -0.4 is 15.5 Å². The summed E-state index contributed by atoms with van der Waals surface area (Å²) in [5.41, 5.74) is 0.988. The first-order valence-electron chi connectivity index (χ1n) is 10.9. The Morgan fingerprint density at radius 3 is 2.52 bits per heavy atom. The molecule has 0 unspecified atom stereocenters. The number of carbonyl (C=O) groups excluding carboxylic acids is 1. The number of piperazine rings is 1. The lowest BCUT2D eigenvalue weighted by Gasteiger charge is -2.40. The maximum absolute atomic E-state index is 11.9. The van der Waals surface area contributed by atoms with Crippen LogP contribution in [0, 0.1) is 5.92 Å². The summed E-state index contributed by atoms with van der Waals surface area (Å²) < 4.78 is 0. The normalized spacial score (nSPS) is 25.7. The molecule has 1 heterocycles. The van der Waals surface area contributed by atoms with Crippen LogP contribution in [0.15, 0.2) is 18.2 Å². The fourth-order valence-corrected chi connectivity index (χ4v) is 4.94. The molecule has 0 spiro atoms. The zero-order chi connectivity index (χ0) is 20.9. The first-order valence-corrected chi connectivity index (χ1v) is 11.6. The van der Waals surface area contributed by atoms with Gasteiger partial charge in [-0.05, 0) is 70.5 Å². The summed E-state index contributed by atoms with van der Waals surface area (Å²) in [7, 11) is 0. The molecule has 1 aliphatic heterocycles. The van der Waals surface area contributed by atoms with Crippen LogP contribution in [-0.4, -0.2) is 55.7 Å². The van der Waals surface area contributed by atoms with E-state index < -0.39 is 0 Å². The molecule has 162 valence electrons.